The highest BCUT2D eigenvalue weighted by Gasteiger charge is 2.30. The molecular formula is C28H34N4O4. The van der Waals surface area contributed by atoms with E-state index in [0.717, 1.165) is 29.5 Å². The number of nitrogens with one attached hydrogen (secondary N) is 2. The fourth-order valence-electron chi connectivity index (χ4n) is 5.29. The van der Waals surface area contributed by atoms with Gasteiger partial charge in [-0.05, 0) is 37.3 Å². The van der Waals surface area contributed by atoms with Crippen LogP contribution in [0.25, 0.3) is 11.0 Å². The summed E-state index contributed by atoms with van der Waals surface area (Å²) in [5.41, 5.74) is 3.48. The molecule has 2 aromatic heterocycles. The lowest BCUT2D eigenvalue weighted by Gasteiger charge is -2.23. The van der Waals surface area contributed by atoms with Gasteiger partial charge in [0.25, 0.3) is 0 Å². The van der Waals surface area contributed by atoms with Crippen molar-refractivity contribution in [1.29, 1.82) is 0 Å². The van der Waals surface area contributed by atoms with E-state index in [1.807, 2.05) is 35.0 Å². The van der Waals surface area contributed by atoms with Crippen molar-refractivity contribution in [2.24, 2.45) is 5.92 Å². The van der Waals surface area contributed by atoms with E-state index < -0.39 is 5.97 Å². The Morgan fingerprint density at radius 1 is 1.14 bits per heavy atom. The van der Waals surface area contributed by atoms with Gasteiger partial charge in [0.05, 0.1) is 37.2 Å². The first kappa shape index (κ1) is 24.3. The van der Waals surface area contributed by atoms with Crippen molar-refractivity contribution >= 4 is 34.3 Å². The Bertz CT molecular complexity index is 1210. The summed E-state index contributed by atoms with van der Waals surface area (Å²) in [4.78, 5) is 31.0. The van der Waals surface area contributed by atoms with Crippen LogP contribution in [0.4, 0.5) is 11.4 Å². The standard InChI is InChI=1S/C28H34N4O4/c1-35-28(34)25-24(31-27(33)20-13-15-36-18-20)23-16-22(30-21-10-6-3-7-11-21)17-29-26(23)32(25)14-12-19-8-4-2-5-9-19/h2,4-5,8-9,16-17,20-21,30H,3,6-7,10-15,18H2,1H3,(H,31,33)/t20-/m0/s1. The summed E-state index contributed by atoms with van der Waals surface area (Å²) in [6.07, 6.45) is 9.20. The second kappa shape index (κ2) is 11.1. The molecule has 1 aromatic carbocycles. The Morgan fingerprint density at radius 3 is 2.67 bits per heavy atom. The van der Waals surface area contributed by atoms with Crippen molar-refractivity contribution in [1.82, 2.24) is 9.55 Å². The zero-order valence-electron chi connectivity index (χ0n) is 20.8. The minimum Gasteiger partial charge on any atom is -0.464 e. The number of fused-ring (bicyclic) bond motifs is 1. The first-order valence-corrected chi connectivity index (χ1v) is 12.9. The summed E-state index contributed by atoms with van der Waals surface area (Å²) in [7, 11) is 1.36. The highest BCUT2D eigenvalue weighted by Crippen LogP contribution is 2.34. The van der Waals surface area contributed by atoms with Gasteiger partial charge in [0.1, 0.15) is 5.65 Å². The van der Waals surface area contributed by atoms with E-state index in [1.165, 1.54) is 26.4 Å². The van der Waals surface area contributed by atoms with Gasteiger partial charge in [-0.2, -0.15) is 0 Å². The van der Waals surface area contributed by atoms with Crippen LogP contribution >= 0.6 is 0 Å². The largest absolute Gasteiger partial charge is 0.464 e. The van der Waals surface area contributed by atoms with Gasteiger partial charge >= 0.3 is 5.97 Å². The number of benzene rings is 1. The molecule has 2 N–H and O–H groups in total. The molecule has 1 saturated carbocycles. The first-order valence-electron chi connectivity index (χ1n) is 12.9. The summed E-state index contributed by atoms with van der Waals surface area (Å²) in [6, 6.07) is 12.5. The quantitative estimate of drug-likeness (QED) is 0.441. The van der Waals surface area contributed by atoms with E-state index in [0.29, 0.717) is 55.7 Å². The fraction of sp³-hybridized carbons (Fsp3) is 0.464. The predicted molar refractivity (Wildman–Crippen MR) is 139 cm³/mol. The molecule has 5 rings (SSSR count). The van der Waals surface area contributed by atoms with Crippen molar-refractivity contribution in [3.8, 4) is 0 Å². The third-order valence-electron chi connectivity index (χ3n) is 7.27. The molecule has 8 nitrogen and oxygen atoms in total. The van der Waals surface area contributed by atoms with Crippen molar-refractivity contribution in [2.75, 3.05) is 31.0 Å². The van der Waals surface area contributed by atoms with E-state index in [4.69, 9.17) is 14.5 Å². The maximum absolute atomic E-state index is 13.1. The number of ether oxygens (including phenoxy) is 2. The SMILES string of the molecule is COC(=O)c1c(NC(=O)[C@H]2CCOC2)c2cc(NC3CCCCC3)cnc2n1CCc1ccccc1. The maximum Gasteiger partial charge on any atom is 0.356 e. The number of pyridine rings is 1. The van der Waals surface area contributed by atoms with E-state index in [1.54, 1.807) is 0 Å². The van der Waals surface area contributed by atoms with Gasteiger partial charge in [-0.25, -0.2) is 9.78 Å². The number of rotatable bonds is 8. The smallest absolute Gasteiger partial charge is 0.356 e. The van der Waals surface area contributed by atoms with Crippen LogP contribution in [0.2, 0.25) is 0 Å². The molecule has 1 saturated heterocycles. The van der Waals surface area contributed by atoms with Crippen LogP contribution in [0.15, 0.2) is 42.6 Å². The Kier molecular flexibility index (Phi) is 7.51. The molecule has 3 heterocycles. The van der Waals surface area contributed by atoms with Gasteiger partial charge in [-0.3, -0.25) is 4.79 Å². The van der Waals surface area contributed by atoms with Gasteiger partial charge in [0.2, 0.25) is 5.91 Å². The predicted octanol–water partition coefficient (Wildman–Crippen LogP) is 4.79. The minimum absolute atomic E-state index is 0.148. The molecule has 0 bridgehead atoms. The molecule has 190 valence electrons. The molecular weight excluding hydrogens is 456 g/mol. The highest BCUT2D eigenvalue weighted by molar-refractivity contribution is 6.11. The number of carbonyl (C=O) groups is 2. The average Bonchev–Trinajstić information content (AvgIpc) is 3.55. The third-order valence-corrected chi connectivity index (χ3v) is 7.27. The molecule has 0 spiro atoms. The molecule has 2 fully saturated rings. The van der Waals surface area contributed by atoms with Gasteiger partial charge in [0, 0.05) is 24.6 Å². The molecule has 2 aliphatic rings. The van der Waals surface area contributed by atoms with Crippen molar-refractivity contribution in [2.45, 2.75) is 57.5 Å². The number of methoxy groups -OCH3 is 1. The minimum atomic E-state index is -0.499. The molecule has 1 amide bonds. The third kappa shape index (κ3) is 5.23. The molecule has 1 atom stereocenters. The number of carbonyl (C=O) groups excluding carboxylic acids is 2. The van der Waals surface area contributed by atoms with Crippen LogP contribution in [0.1, 0.15) is 54.6 Å². The Labute approximate surface area is 211 Å². The maximum atomic E-state index is 13.1. The topological polar surface area (TPSA) is 94.5 Å². The van der Waals surface area contributed by atoms with Crippen LogP contribution in [0.5, 0.6) is 0 Å². The number of nitrogens with zero attached hydrogens (tertiary/aromatic N) is 2. The van der Waals surface area contributed by atoms with Gasteiger partial charge in [0.15, 0.2) is 5.69 Å². The number of aromatic nitrogens is 2. The van der Waals surface area contributed by atoms with E-state index in [9.17, 15) is 9.59 Å². The lowest BCUT2D eigenvalue weighted by molar-refractivity contribution is -0.119. The van der Waals surface area contributed by atoms with Crippen molar-refractivity contribution in [3.63, 3.8) is 0 Å². The molecule has 0 radical (unpaired) electrons. The number of anilines is 2. The van der Waals surface area contributed by atoms with Crippen LogP contribution in [-0.4, -0.2) is 47.8 Å². The second-order valence-corrected chi connectivity index (χ2v) is 9.73. The van der Waals surface area contributed by atoms with Crippen LogP contribution in [0.3, 0.4) is 0 Å². The summed E-state index contributed by atoms with van der Waals surface area (Å²) in [5, 5.41) is 7.40. The number of esters is 1. The second-order valence-electron chi connectivity index (χ2n) is 9.73. The van der Waals surface area contributed by atoms with Crippen LogP contribution < -0.4 is 10.6 Å². The monoisotopic (exact) mass is 490 g/mol. The highest BCUT2D eigenvalue weighted by atomic mass is 16.5. The van der Waals surface area contributed by atoms with Crippen LogP contribution in [-0.2, 0) is 27.2 Å². The van der Waals surface area contributed by atoms with Crippen molar-refractivity contribution in [3.05, 3.63) is 53.9 Å². The van der Waals surface area contributed by atoms with Crippen molar-refractivity contribution < 1.29 is 19.1 Å². The van der Waals surface area contributed by atoms with Gasteiger partial charge in [-0.1, -0.05) is 49.6 Å². The lowest BCUT2D eigenvalue weighted by Crippen LogP contribution is -2.24. The Balaban J connectivity index is 1.55. The molecule has 3 aromatic rings. The Morgan fingerprint density at radius 2 is 1.94 bits per heavy atom. The summed E-state index contributed by atoms with van der Waals surface area (Å²) < 4.78 is 12.5. The molecule has 1 aliphatic carbocycles. The van der Waals surface area contributed by atoms with E-state index in [2.05, 4.69) is 22.8 Å². The first-order chi connectivity index (χ1) is 17.6. The summed E-state index contributed by atoms with van der Waals surface area (Å²) >= 11 is 0. The number of aryl methyl sites for hydroxylation is 2. The zero-order valence-corrected chi connectivity index (χ0v) is 20.8. The summed E-state index contributed by atoms with van der Waals surface area (Å²) in [6.45, 7) is 1.48. The zero-order chi connectivity index (χ0) is 24.9. The van der Waals surface area contributed by atoms with E-state index >= 15 is 0 Å². The normalized spacial score (nSPS) is 18.3. The number of hydrogen-bond donors (Lipinski definition) is 2. The van der Waals surface area contributed by atoms with E-state index in [-0.39, 0.29) is 11.8 Å². The Hall–Kier alpha value is -3.39. The molecule has 8 heteroatoms. The molecule has 1 aliphatic heterocycles. The lowest BCUT2D eigenvalue weighted by atomic mass is 9.95. The summed E-state index contributed by atoms with van der Waals surface area (Å²) in [5.74, 6) is -0.888. The average molecular weight is 491 g/mol. The molecule has 36 heavy (non-hydrogen) atoms. The number of hydrogen-bond acceptors (Lipinski definition) is 6. The number of amides is 1. The van der Waals surface area contributed by atoms with Gasteiger partial charge in [-0.15, -0.1) is 0 Å². The van der Waals surface area contributed by atoms with Crippen LogP contribution in [0, 0.1) is 5.92 Å². The molecule has 0 unspecified atom stereocenters. The fourth-order valence-corrected chi connectivity index (χ4v) is 5.29. The van der Waals surface area contributed by atoms with Gasteiger partial charge < -0.3 is 24.7 Å².